The fourth-order valence-corrected chi connectivity index (χ4v) is 2.55. The van der Waals surface area contributed by atoms with Gasteiger partial charge in [0.25, 0.3) is 0 Å². The van der Waals surface area contributed by atoms with Gasteiger partial charge in [-0.25, -0.2) is 0 Å². The molecule has 0 spiro atoms. The van der Waals surface area contributed by atoms with Crippen LogP contribution in [0.3, 0.4) is 0 Å². The number of piperidine rings is 1. The first kappa shape index (κ1) is 16.5. The Bertz CT molecular complexity index is 573. The maximum atomic E-state index is 13.0. The second-order valence-electron chi connectivity index (χ2n) is 5.53. The van der Waals surface area contributed by atoms with E-state index in [0.717, 1.165) is 18.9 Å². The summed E-state index contributed by atoms with van der Waals surface area (Å²) in [5, 5.41) is 0. The number of carbonyl (C=O) groups is 1. The molecule has 0 aliphatic carbocycles. The highest BCUT2D eigenvalue weighted by Gasteiger charge is 2.33. The molecule has 1 aromatic carbocycles. The fourth-order valence-electron chi connectivity index (χ4n) is 2.55. The van der Waals surface area contributed by atoms with Crippen molar-refractivity contribution in [3.8, 4) is 0 Å². The molecule has 1 aromatic rings. The third kappa shape index (κ3) is 3.88. The number of likely N-dealkylation sites (tertiary alicyclic amines) is 1. The first-order valence-electron chi connectivity index (χ1n) is 7.18. The van der Waals surface area contributed by atoms with E-state index in [-0.39, 0.29) is 17.5 Å². The Balaban J connectivity index is 2.21. The van der Waals surface area contributed by atoms with Crippen molar-refractivity contribution in [2.75, 3.05) is 13.1 Å². The third-order valence-electron chi connectivity index (χ3n) is 3.85. The SMILES string of the molecule is C/C(=C\C(=O)N1CCC(N)CC1)c1ccccc1C(F)(F)F. The lowest BCUT2D eigenvalue weighted by Gasteiger charge is -2.29. The van der Waals surface area contributed by atoms with Gasteiger partial charge in [0.2, 0.25) is 5.91 Å². The molecule has 1 aliphatic rings. The van der Waals surface area contributed by atoms with E-state index < -0.39 is 11.7 Å². The Morgan fingerprint density at radius 3 is 2.45 bits per heavy atom. The van der Waals surface area contributed by atoms with E-state index in [1.165, 1.54) is 31.2 Å². The fraction of sp³-hybridized carbons (Fsp3) is 0.438. The van der Waals surface area contributed by atoms with Crippen LogP contribution >= 0.6 is 0 Å². The number of carbonyl (C=O) groups excluding carboxylic acids is 1. The van der Waals surface area contributed by atoms with Crippen molar-refractivity contribution >= 4 is 11.5 Å². The Morgan fingerprint density at radius 1 is 1.27 bits per heavy atom. The van der Waals surface area contributed by atoms with Gasteiger partial charge in [-0.2, -0.15) is 13.2 Å². The van der Waals surface area contributed by atoms with Gasteiger partial charge in [-0.1, -0.05) is 18.2 Å². The molecule has 0 unspecified atom stereocenters. The summed E-state index contributed by atoms with van der Waals surface area (Å²) < 4.78 is 39.0. The van der Waals surface area contributed by atoms with Crippen LogP contribution in [0.4, 0.5) is 13.2 Å². The van der Waals surface area contributed by atoms with Crippen molar-refractivity contribution in [1.29, 1.82) is 0 Å². The number of nitrogens with zero attached hydrogens (tertiary/aromatic N) is 1. The minimum atomic E-state index is -4.44. The number of alkyl halides is 3. The standard InChI is InChI=1S/C16H19F3N2O/c1-11(10-15(22)21-8-6-12(20)7-9-21)13-4-2-3-5-14(13)16(17,18)19/h2-5,10,12H,6-9,20H2,1H3/b11-10+. The highest BCUT2D eigenvalue weighted by molar-refractivity contribution is 5.95. The Kier molecular flexibility index (Phi) is 4.90. The molecule has 120 valence electrons. The monoisotopic (exact) mass is 312 g/mol. The molecule has 0 bridgehead atoms. The number of hydrogen-bond donors (Lipinski definition) is 1. The predicted molar refractivity (Wildman–Crippen MR) is 78.9 cm³/mol. The Morgan fingerprint density at radius 2 is 1.86 bits per heavy atom. The smallest absolute Gasteiger partial charge is 0.339 e. The normalized spacial score (nSPS) is 17.7. The van der Waals surface area contributed by atoms with Gasteiger partial charge in [-0.3, -0.25) is 4.79 Å². The van der Waals surface area contributed by atoms with Gasteiger partial charge in [0, 0.05) is 25.2 Å². The van der Waals surface area contributed by atoms with E-state index in [9.17, 15) is 18.0 Å². The van der Waals surface area contributed by atoms with Gasteiger partial charge in [0.1, 0.15) is 0 Å². The summed E-state index contributed by atoms with van der Waals surface area (Å²) in [6.45, 7) is 2.62. The van der Waals surface area contributed by atoms with Crippen molar-refractivity contribution in [2.24, 2.45) is 5.73 Å². The molecule has 1 fully saturated rings. The lowest BCUT2D eigenvalue weighted by atomic mass is 9.99. The summed E-state index contributed by atoms with van der Waals surface area (Å²) in [5.41, 5.74) is 5.41. The van der Waals surface area contributed by atoms with E-state index in [2.05, 4.69) is 0 Å². The lowest BCUT2D eigenvalue weighted by Crippen LogP contribution is -2.42. The Hall–Kier alpha value is -1.82. The third-order valence-corrected chi connectivity index (χ3v) is 3.85. The Labute approximate surface area is 127 Å². The van der Waals surface area contributed by atoms with Gasteiger partial charge in [0.15, 0.2) is 0 Å². The van der Waals surface area contributed by atoms with E-state index in [1.807, 2.05) is 0 Å². The molecule has 0 saturated carbocycles. The van der Waals surface area contributed by atoms with Crippen LogP contribution in [0.2, 0.25) is 0 Å². The molecular weight excluding hydrogens is 293 g/mol. The molecule has 1 aliphatic heterocycles. The van der Waals surface area contributed by atoms with Crippen molar-refractivity contribution < 1.29 is 18.0 Å². The number of halogens is 3. The molecular formula is C16H19F3N2O. The van der Waals surface area contributed by atoms with Gasteiger partial charge < -0.3 is 10.6 Å². The summed E-state index contributed by atoms with van der Waals surface area (Å²) >= 11 is 0. The van der Waals surface area contributed by atoms with Gasteiger partial charge in [-0.05, 0) is 37.0 Å². The van der Waals surface area contributed by atoms with E-state index in [0.29, 0.717) is 18.7 Å². The van der Waals surface area contributed by atoms with Crippen molar-refractivity contribution in [2.45, 2.75) is 32.0 Å². The largest absolute Gasteiger partial charge is 0.416 e. The zero-order chi connectivity index (χ0) is 16.3. The molecule has 0 atom stereocenters. The first-order valence-corrected chi connectivity index (χ1v) is 7.18. The van der Waals surface area contributed by atoms with Crippen LogP contribution in [0.5, 0.6) is 0 Å². The summed E-state index contributed by atoms with van der Waals surface area (Å²) in [6.07, 6.45) is -1.72. The summed E-state index contributed by atoms with van der Waals surface area (Å²) in [6, 6.07) is 5.38. The van der Waals surface area contributed by atoms with Crippen molar-refractivity contribution in [3.63, 3.8) is 0 Å². The minimum absolute atomic E-state index is 0.0389. The number of amides is 1. The van der Waals surface area contributed by atoms with Crippen LogP contribution < -0.4 is 5.73 Å². The van der Waals surface area contributed by atoms with Crippen molar-refractivity contribution in [3.05, 3.63) is 41.5 Å². The molecule has 1 saturated heterocycles. The van der Waals surface area contributed by atoms with E-state index >= 15 is 0 Å². The summed E-state index contributed by atoms with van der Waals surface area (Å²) in [7, 11) is 0. The molecule has 2 rings (SSSR count). The molecule has 1 amide bonds. The molecule has 22 heavy (non-hydrogen) atoms. The predicted octanol–water partition coefficient (Wildman–Crippen LogP) is 3.06. The number of benzene rings is 1. The van der Waals surface area contributed by atoms with Crippen LogP contribution in [-0.2, 0) is 11.0 Å². The van der Waals surface area contributed by atoms with Crippen LogP contribution in [-0.4, -0.2) is 29.9 Å². The van der Waals surface area contributed by atoms with Crippen LogP contribution in [0, 0.1) is 0 Å². The second kappa shape index (κ2) is 6.52. The molecule has 0 radical (unpaired) electrons. The average molecular weight is 312 g/mol. The maximum absolute atomic E-state index is 13.0. The van der Waals surface area contributed by atoms with Crippen LogP contribution in [0.1, 0.15) is 30.9 Å². The number of hydrogen-bond acceptors (Lipinski definition) is 2. The quantitative estimate of drug-likeness (QED) is 0.853. The number of allylic oxidation sites excluding steroid dienone is 1. The molecule has 3 nitrogen and oxygen atoms in total. The van der Waals surface area contributed by atoms with E-state index in [4.69, 9.17) is 5.73 Å². The first-order chi connectivity index (χ1) is 10.3. The van der Waals surface area contributed by atoms with Crippen molar-refractivity contribution in [1.82, 2.24) is 4.90 Å². The molecule has 1 heterocycles. The van der Waals surface area contributed by atoms with Gasteiger partial charge in [-0.15, -0.1) is 0 Å². The van der Waals surface area contributed by atoms with Crippen LogP contribution in [0.15, 0.2) is 30.3 Å². The molecule has 0 aromatic heterocycles. The van der Waals surface area contributed by atoms with Crippen LogP contribution in [0.25, 0.3) is 5.57 Å². The summed E-state index contributed by atoms with van der Waals surface area (Å²) in [4.78, 5) is 13.8. The highest BCUT2D eigenvalue weighted by atomic mass is 19.4. The second-order valence-corrected chi connectivity index (χ2v) is 5.53. The number of rotatable bonds is 2. The van der Waals surface area contributed by atoms with Gasteiger partial charge in [0.05, 0.1) is 5.56 Å². The zero-order valence-corrected chi connectivity index (χ0v) is 12.4. The number of nitrogens with two attached hydrogens (primary N) is 1. The zero-order valence-electron chi connectivity index (χ0n) is 12.4. The minimum Gasteiger partial charge on any atom is -0.339 e. The average Bonchev–Trinajstić information content (AvgIpc) is 2.47. The maximum Gasteiger partial charge on any atom is 0.416 e. The molecule has 6 heteroatoms. The lowest BCUT2D eigenvalue weighted by molar-refractivity contribution is -0.137. The highest BCUT2D eigenvalue weighted by Crippen LogP contribution is 2.34. The van der Waals surface area contributed by atoms with E-state index in [1.54, 1.807) is 4.90 Å². The topological polar surface area (TPSA) is 46.3 Å². The molecule has 2 N–H and O–H groups in total. The summed E-state index contributed by atoms with van der Waals surface area (Å²) in [5.74, 6) is -0.263. The van der Waals surface area contributed by atoms with Gasteiger partial charge >= 0.3 is 6.18 Å².